The Morgan fingerprint density at radius 1 is 1.15 bits per heavy atom. The molecule has 1 fully saturated rings. The maximum Gasteiger partial charge on any atom is 0.259 e. The van der Waals surface area contributed by atoms with E-state index in [1.165, 1.54) is 18.5 Å². The van der Waals surface area contributed by atoms with Crippen molar-refractivity contribution in [3.05, 3.63) is 76.0 Å². The Hall–Kier alpha value is -4.02. The van der Waals surface area contributed by atoms with Gasteiger partial charge in [0, 0.05) is 48.5 Å². The molecule has 4 heterocycles. The number of rotatable bonds is 6. The molecule has 0 atom stereocenters. The molecule has 0 radical (unpaired) electrons. The highest BCUT2D eigenvalue weighted by molar-refractivity contribution is 6.08. The molecule has 1 amide bonds. The summed E-state index contributed by atoms with van der Waals surface area (Å²) in [5.74, 6) is 0.0874. The Kier molecular flexibility index (Phi) is 6.07. The molecule has 10 heteroatoms. The maximum atomic E-state index is 13.4. The minimum Gasteiger partial charge on any atom is -0.379 e. The van der Waals surface area contributed by atoms with Crippen LogP contribution in [0.1, 0.15) is 21.5 Å². The number of carbonyl (C=O) groups is 1. The van der Waals surface area contributed by atoms with Gasteiger partial charge in [-0.05, 0) is 42.3 Å². The number of fused-ring (bicyclic) bond motifs is 1. The normalized spacial score (nSPS) is 14.3. The Morgan fingerprint density at radius 3 is 2.79 bits per heavy atom. The van der Waals surface area contributed by atoms with Crippen LogP contribution in [0.15, 0.2) is 58.3 Å². The van der Waals surface area contributed by atoms with Crippen molar-refractivity contribution < 1.29 is 14.1 Å². The average molecular weight is 460 g/mol. The van der Waals surface area contributed by atoms with E-state index in [9.17, 15) is 9.59 Å². The van der Waals surface area contributed by atoms with Crippen LogP contribution in [-0.4, -0.2) is 52.2 Å². The van der Waals surface area contributed by atoms with Crippen LogP contribution in [0.5, 0.6) is 0 Å². The molecule has 1 saturated heterocycles. The number of anilines is 3. The smallest absolute Gasteiger partial charge is 0.259 e. The number of benzene rings is 1. The number of carbonyl (C=O) groups excluding carboxylic acids is 1. The molecule has 0 bridgehead atoms. The monoisotopic (exact) mass is 460 g/mol. The van der Waals surface area contributed by atoms with E-state index in [0.29, 0.717) is 48.0 Å². The van der Waals surface area contributed by atoms with E-state index in [0.717, 1.165) is 29.6 Å². The third kappa shape index (κ3) is 4.82. The topological polar surface area (TPSA) is 125 Å². The number of morpholine rings is 1. The summed E-state index contributed by atoms with van der Waals surface area (Å²) in [6.07, 6.45) is 4.72. The number of aromatic amines is 1. The van der Waals surface area contributed by atoms with Gasteiger partial charge in [-0.1, -0.05) is 5.16 Å². The molecule has 3 aromatic heterocycles. The van der Waals surface area contributed by atoms with Crippen molar-refractivity contribution in [3.8, 4) is 0 Å². The quantitative estimate of drug-likeness (QED) is 0.401. The molecule has 1 aromatic carbocycles. The molecule has 0 unspecified atom stereocenters. The van der Waals surface area contributed by atoms with Crippen molar-refractivity contribution in [2.24, 2.45) is 0 Å². The number of aryl methyl sites for hydroxylation is 1. The highest BCUT2D eigenvalue weighted by Crippen LogP contribution is 2.24. The number of H-pyrrole nitrogens is 1. The van der Waals surface area contributed by atoms with Gasteiger partial charge in [-0.2, -0.15) is 0 Å². The molecule has 3 N–H and O–H groups in total. The van der Waals surface area contributed by atoms with Crippen LogP contribution in [0.3, 0.4) is 0 Å². The zero-order valence-corrected chi connectivity index (χ0v) is 18.6. The van der Waals surface area contributed by atoms with Crippen molar-refractivity contribution in [1.82, 2.24) is 20.0 Å². The van der Waals surface area contributed by atoms with Gasteiger partial charge in [-0.25, -0.2) is 4.98 Å². The van der Waals surface area contributed by atoms with Crippen LogP contribution < -0.4 is 16.2 Å². The number of nitrogens with zero attached hydrogens (tertiary/aromatic N) is 3. The van der Waals surface area contributed by atoms with E-state index in [2.05, 4.69) is 30.7 Å². The van der Waals surface area contributed by atoms with Crippen molar-refractivity contribution in [2.75, 3.05) is 36.9 Å². The first-order valence-electron chi connectivity index (χ1n) is 11.0. The molecule has 0 spiro atoms. The Morgan fingerprint density at radius 2 is 2.00 bits per heavy atom. The minimum atomic E-state index is -0.309. The molecule has 0 aliphatic carbocycles. The third-order valence-electron chi connectivity index (χ3n) is 5.70. The molecular weight excluding hydrogens is 436 g/mol. The lowest BCUT2D eigenvalue weighted by molar-refractivity contribution is 0.0341. The number of aromatic nitrogens is 3. The lowest BCUT2D eigenvalue weighted by Crippen LogP contribution is -2.35. The summed E-state index contributed by atoms with van der Waals surface area (Å²) in [7, 11) is 0. The van der Waals surface area contributed by atoms with Crippen molar-refractivity contribution in [1.29, 1.82) is 0 Å². The molecule has 10 nitrogen and oxygen atoms in total. The standard InChI is InChI=1S/C24H24N6O4/c1-15-8-22(31)29-21-3-2-17(10-19(15)21)28-24(32)20-9-16(13-30-4-6-33-7-5-30)11-25-23(20)27-18-12-26-34-14-18/h2-3,8-12,14H,4-7,13H2,1H3,(H,25,27)(H,28,32)(H,29,31). The summed E-state index contributed by atoms with van der Waals surface area (Å²) in [6.45, 7) is 5.60. The fraction of sp³-hybridized carbons (Fsp3) is 0.250. The van der Waals surface area contributed by atoms with Crippen LogP contribution in [0.4, 0.5) is 17.2 Å². The van der Waals surface area contributed by atoms with E-state index in [1.54, 1.807) is 18.3 Å². The van der Waals surface area contributed by atoms with Crippen LogP contribution >= 0.6 is 0 Å². The van der Waals surface area contributed by atoms with Crippen LogP contribution in [0, 0.1) is 6.92 Å². The molecular formula is C24H24N6O4. The predicted octanol–water partition coefficient (Wildman–Crippen LogP) is 3.05. The first-order chi connectivity index (χ1) is 16.5. The highest BCUT2D eigenvalue weighted by atomic mass is 16.5. The average Bonchev–Trinajstić information content (AvgIpc) is 3.34. The molecule has 0 saturated carbocycles. The second kappa shape index (κ2) is 9.46. The van der Waals surface area contributed by atoms with E-state index >= 15 is 0 Å². The van der Waals surface area contributed by atoms with E-state index < -0.39 is 0 Å². The van der Waals surface area contributed by atoms with Gasteiger partial charge in [-0.3, -0.25) is 14.5 Å². The molecule has 1 aliphatic rings. The first-order valence-corrected chi connectivity index (χ1v) is 11.0. The molecule has 5 rings (SSSR count). The van der Waals surface area contributed by atoms with E-state index in [-0.39, 0.29) is 11.5 Å². The maximum absolute atomic E-state index is 13.4. The number of hydrogen-bond donors (Lipinski definition) is 3. The first kappa shape index (κ1) is 21.8. The van der Waals surface area contributed by atoms with Crippen LogP contribution in [0.2, 0.25) is 0 Å². The van der Waals surface area contributed by atoms with Gasteiger partial charge < -0.3 is 24.9 Å². The summed E-state index contributed by atoms with van der Waals surface area (Å²) in [5.41, 5.74) is 3.91. The third-order valence-corrected chi connectivity index (χ3v) is 5.70. The number of hydrogen-bond acceptors (Lipinski definition) is 8. The number of amides is 1. The Balaban J connectivity index is 1.44. The fourth-order valence-corrected chi connectivity index (χ4v) is 3.99. The van der Waals surface area contributed by atoms with Gasteiger partial charge in [0.25, 0.3) is 5.91 Å². The molecule has 4 aromatic rings. The van der Waals surface area contributed by atoms with Gasteiger partial charge in [0.2, 0.25) is 5.56 Å². The SMILES string of the molecule is Cc1cc(=O)[nH]c2ccc(NC(=O)c3cc(CN4CCOCC4)cnc3Nc3cnoc3)cc12. The minimum absolute atomic E-state index is 0.158. The van der Waals surface area contributed by atoms with Gasteiger partial charge in [0.1, 0.15) is 17.8 Å². The number of nitrogens with one attached hydrogen (secondary N) is 3. The van der Waals surface area contributed by atoms with Crippen molar-refractivity contribution in [3.63, 3.8) is 0 Å². The van der Waals surface area contributed by atoms with Gasteiger partial charge in [0.15, 0.2) is 0 Å². The summed E-state index contributed by atoms with van der Waals surface area (Å²) in [4.78, 5) is 34.7. The second-order valence-electron chi connectivity index (χ2n) is 8.20. The molecule has 174 valence electrons. The van der Waals surface area contributed by atoms with E-state index in [4.69, 9.17) is 9.26 Å². The number of ether oxygens (including phenoxy) is 1. The zero-order chi connectivity index (χ0) is 23.5. The molecule has 34 heavy (non-hydrogen) atoms. The Labute approximate surface area is 194 Å². The van der Waals surface area contributed by atoms with Crippen LogP contribution in [0.25, 0.3) is 10.9 Å². The van der Waals surface area contributed by atoms with Gasteiger partial charge in [0.05, 0.1) is 25.0 Å². The summed E-state index contributed by atoms with van der Waals surface area (Å²) in [6, 6.07) is 8.76. The summed E-state index contributed by atoms with van der Waals surface area (Å²) in [5, 5.41) is 10.6. The van der Waals surface area contributed by atoms with Gasteiger partial charge >= 0.3 is 0 Å². The van der Waals surface area contributed by atoms with Crippen molar-refractivity contribution in [2.45, 2.75) is 13.5 Å². The number of pyridine rings is 2. The lowest BCUT2D eigenvalue weighted by atomic mass is 10.1. The van der Waals surface area contributed by atoms with E-state index in [1.807, 2.05) is 19.1 Å². The summed E-state index contributed by atoms with van der Waals surface area (Å²) >= 11 is 0. The zero-order valence-electron chi connectivity index (χ0n) is 18.6. The highest BCUT2D eigenvalue weighted by Gasteiger charge is 2.18. The second-order valence-corrected chi connectivity index (χ2v) is 8.20. The summed E-state index contributed by atoms with van der Waals surface area (Å²) < 4.78 is 10.3. The lowest BCUT2D eigenvalue weighted by Gasteiger charge is -2.26. The van der Waals surface area contributed by atoms with Crippen LogP contribution in [-0.2, 0) is 11.3 Å². The molecule has 1 aliphatic heterocycles. The Bertz CT molecular complexity index is 1380. The van der Waals surface area contributed by atoms with Gasteiger partial charge in [-0.15, -0.1) is 0 Å². The predicted molar refractivity (Wildman–Crippen MR) is 127 cm³/mol. The fourth-order valence-electron chi connectivity index (χ4n) is 3.99. The van der Waals surface area contributed by atoms with Crippen molar-refractivity contribution >= 4 is 34.0 Å². The largest absolute Gasteiger partial charge is 0.379 e.